The molecule has 0 fully saturated rings. The predicted octanol–water partition coefficient (Wildman–Crippen LogP) is 22.3. The van der Waals surface area contributed by atoms with Gasteiger partial charge in [0.15, 0.2) is 6.10 Å². The van der Waals surface area contributed by atoms with Crippen molar-refractivity contribution in [3.05, 3.63) is 134 Å². The predicted molar refractivity (Wildman–Crippen MR) is 408 cm³/mol. The fraction of sp³-hybridized carbons (Fsp3) is 0.691. The summed E-state index contributed by atoms with van der Waals surface area (Å²) in [5.74, 6) is -1.62. The Morgan fingerprint density at radius 2 is 0.535 bits per heavy atom. The summed E-state index contributed by atoms with van der Waals surface area (Å²) >= 11 is 0. The van der Waals surface area contributed by atoms with Crippen molar-refractivity contribution >= 4 is 33.6 Å². The van der Waals surface area contributed by atoms with E-state index < -0.39 is 91.5 Å². The fourth-order valence-corrected chi connectivity index (χ4v) is 11.6. The number of hydrogen-bond acceptors (Lipinski definition) is 14. The lowest BCUT2D eigenvalue weighted by Crippen LogP contribution is -2.30. The van der Waals surface area contributed by atoms with Crippen molar-refractivity contribution in [1.29, 1.82) is 0 Å². The highest BCUT2D eigenvalue weighted by atomic mass is 31.2. The minimum atomic E-state index is -4.94. The maximum atomic E-state index is 12.9. The van der Waals surface area contributed by atoms with Crippen LogP contribution in [0.4, 0.5) is 0 Å². The third-order valence-corrected chi connectivity index (χ3v) is 17.7. The summed E-state index contributed by atoms with van der Waals surface area (Å²) in [6.45, 7) is 2.34. The molecule has 0 aliphatic rings. The molecule has 0 saturated heterocycles. The van der Waals surface area contributed by atoms with Gasteiger partial charge in [-0.2, -0.15) is 0 Å². The van der Waals surface area contributed by atoms with Crippen molar-refractivity contribution in [2.45, 2.75) is 322 Å². The number of aliphatic hydroxyl groups excluding tert-OH is 2. The number of hydrogen-bond donors (Lipinski definition) is 4. The molecular weight excluding hydrogens is 1290 g/mol. The van der Waals surface area contributed by atoms with E-state index in [-0.39, 0.29) is 19.3 Å². The Hall–Kier alpha value is -4.31. The van der Waals surface area contributed by atoms with Crippen molar-refractivity contribution in [3.8, 4) is 0 Å². The van der Waals surface area contributed by atoms with Crippen LogP contribution in [0, 0.1) is 0 Å². The van der Waals surface area contributed by atoms with Crippen LogP contribution in [-0.4, -0.2) is 95.9 Å². The summed E-state index contributed by atoms with van der Waals surface area (Å²) in [6, 6.07) is 0. The number of aliphatic hydroxyl groups is 2. The normalized spacial score (nSPS) is 14.8. The Labute approximate surface area is 601 Å². The smallest absolute Gasteiger partial charge is 0.463 e. The second-order valence-corrected chi connectivity index (χ2v) is 28.3. The lowest BCUT2D eigenvalue weighted by atomic mass is 10.0. The molecule has 0 radical (unpaired) electrons. The fourth-order valence-electron chi connectivity index (χ4n) is 10.0. The van der Waals surface area contributed by atoms with Gasteiger partial charge in [0, 0.05) is 19.3 Å². The molecule has 4 N–H and O–H groups in total. The number of ether oxygens (including phenoxy) is 3. The van der Waals surface area contributed by atoms with Gasteiger partial charge >= 0.3 is 33.6 Å². The van der Waals surface area contributed by atoms with E-state index in [4.69, 9.17) is 32.3 Å². The van der Waals surface area contributed by atoms with E-state index in [0.717, 1.165) is 154 Å². The Kier molecular flexibility index (Phi) is 70.2. The molecule has 0 rings (SSSR count). The number of allylic oxidation sites excluding steroid dienone is 22. The van der Waals surface area contributed by atoms with E-state index in [2.05, 4.69) is 154 Å². The molecule has 5 unspecified atom stereocenters. The SMILES string of the molecule is CC/C=C\C/C=C\C/C=C\C/C=C\C/C=C\CCCCCCCCCCCCCCCCCCCC(=O)OCC(O)COP(=O)(O)OCC(O)COP(=O)(O)OCC(COC(=O)CCCCCC/C=C\C/C=C\C/C=C\C/C=C\CC)OC(=O)CCCCCCC/C=C\C/C=C\CCC. The number of carbonyl (C=O) groups excluding carboxylic acids is 3. The first-order chi connectivity index (χ1) is 48.2. The van der Waals surface area contributed by atoms with E-state index in [9.17, 15) is 43.5 Å². The molecule has 0 aromatic rings. The highest BCUT2D eigenvalue weighted by Crippen LogP contribution is 2.45. The summed E-state index contributed by atoms with van der Waals surface area (Å²) < 4.78 is 61.0. The number of phosphoric acid groups is 2. The van der Waals surface area contributed by atoms with Crippen LogP contribution >= 0.6 is 15.6 Å². The topological polar surface area (TPSA) is 231 Å². The lowest BCUT2D eigenvalue weighted by molar-refractivity contribution is -0.161. The molecule has 18 heteroatoms. The third-order valence-electron chi connectivity index (χ3n) is 15.8. The van der Waals surface area contributed by atoms with Crippen molar-refractivity contribution in [1.82, 2.24) is 0 Å². The molecule has 0 bridgehead atoms. The van der Waals surface area contributed by atoms with Crippen molar-refractivity contribution in [2.24, 2.45) is 0 Å². The molecule has 0 heterocycles. The number of carbonyl (C=O) groups is 3. The quantitative estimate of drug-likeness (QED) is 0.0146. The molecular formula is C81H138O16P2. The Morgan fingerprint density at radius 1 is 0.293 bits per heavy atom. The van der Waals surface area contributed by atoms with Gasteiger partial charge in [-0.1, -0.05) is 289 Å². The van der Waals surface area contributed by atoms with E-state index in [1.165, 1.54) is 89.9 Å². The summed E-state index contributed by atoms with van der Waals surface area (Å²) in [7, 11) is -9.79. The van der Waals surface area contributed by atoms with Crippen molar-refractivity contribution in [3.63, 3.8) is 0 Å². The zero-order valence-electron chi connectivity index (χ0n) is 61.9. The molecule has 0 aromatic carbocycles. The van der Waals surface area contributed by atoms with Crippen LogP contribution in [0.5, 0.6) is 0 Å². The van der Waals surface area contributed by atoms with E-state index in [1.807, 2.05) is 0 Å². The molecule has 0 spiro atoms. The maximum absolute atomic E-state index is 12.9. The van der Waals surface area contributed by atoms with Crippen LogP contribution in [-0.2, 0) is 55.8 Å². The third kappa shape index (κ3) is 74.7. The first-order valence-electron chi connectivity index (χ1n) is 38.5. The van der Waals surface area contributed by atoms with Gasteiger partial charge in [-0.25, -0.2) is 9.13 Å². The van der Waals surface area contributed by atoms with Crippen LogP contribution in [0.1, 0.15) is 303 Å². The first-order valence-corrected chi connectivity index (χ1v) is 41.5. The monoisotopic (exact) mass is 1430 g/mol. The Bertz CT molecular complexity index is 2330. The van der Waals surface area contributed by atoms with Crippen molar-refractivity contribution in [2.75, 3.05) is 39.6 Å². The largest absolute Gasteiger partial charge is 0.472 e. The van der Waals surface area contributed by atoms with Gasteiger partial charge in [0.1, 0.15) is 25.4 Å². The van der Waals surface area contributed by atoms with Crippen LogP contribution in [0.3, 0.4) is 0 Å². The Morgan fingerprint density at radius 3 is 0.848 bits per heavy atom. The first kappa shape index (κ1) is 94.7. The van der Waals surface area contributed by atoms with E-state index in [1.54, 1.807) is 0 Å². The summed E-state index contributed by atoms with van der Waals surface area (Å²) in [6.07, 6.45) is 88.1. The second-order valence-electron chi connectivity index (χ2n) is 25.4. The summed E-state index contributed by atoms with van der Waals surface area (Å²) in [4.78, 5) is 58.5. The van der Waals surface area contributed by atoms with Gasteiger partial charge < -0.3 is 34.2 Å². The van der Waals surface area contributed by atoms with Gasteiger partial charge in [-0.05, 0) is 128 Å². The van der Waals surface area contributed by atoms with Crippen LogP contribution in [0.25, 0.3) is 0 Å². The standard InChI is InChI=1S/C81H138O16P2/c1-4-7-10-13-16-19-22-25-27-29-30-31-32-33-34-35-36-37-38-39-40-41-42-43-44-46-48-50-52-55-58-61-64-67-79(84)91-70-76(82)71-93-98(87,88)94-72-77(83)73-95-99(89,90)96-75-78(97-81(86)69-66-63-60-57-54-49-24-21-18-15-12-9-6-3)74-92-80(85)68-65-62-59-56-53-51-47-45-28-26-23-20-17-14-11-8-5-2/h7-8,10-12,15-17,19-21,24-28,30-31,33-34,47,51,76-78,82-83H,4-6,9,13-14,18,22-23,29,32,35-46,48-50,52-75H2,1-3H3,(H,87,88)(H,89,90)/b10-7-,11-8-,15-12-,19-16-,20-17-,24-21-,27-25-,28-26-,31-30-,34-33-,51-47-. The molecule has 16 nitrogen and oxygen atoms in total. The molecule has 0 aliphatic heterocycles. The van der Waals surface area contributed by atoms with Crippen molar-refractivity contribution < 1.29 is 75.8 Å². The van der Waals surface area contributed by atoms with Gasteiger partial charge in [0.05, 0.1) is 26.4 Å². The van der Waals surface area contributed by atoms with E-state index >= 15 is 0 Å². The van der Waals surface area contributed by atoms with E-state index in [0.29, 0.717) is 19.3 Å². The molecule has 5 atom stereocenters. The highest BCUT2D eigenvalue weighted by molar-refractivity contribution is 7.47. The minimum Gasteiger partial charge on any atom is -0.463 e. The average molecular weight is 1430 g/mol. The van der Waals surface area contributed by atoms with Crippen LogP contribution in [0.15, 0.2) is 134 Å². The minimum absolute atomic E-state index is 0.0804. The zero-order valence-corrected chi connectivity index (χ0v) is 63.7. The van der Waals surface area contributed by atoms with Gasteiger partial charge in [-0.15, -0.1) is 0 Å². The summed E-state index contributed by atoms with van der Waals surface area (Å²) in [5.41, 5.74) is 0. The zero-order chi connectivity index (χ0) is 72.3. The molecule has 0 aromatic heterocycles. The number of rotatable bonds is 72. The van der Waals surface area contributed by atoms with Gasteiger partial charge in [0.25, 0.3) is 0 Å². The lowest BCUT2D eigenvalue weighted by Gasteiger charge is -2.21. The molecule has 0 saturated carbocycles. The van der Waals surface area contributed by atoms with Gasteiger partial charge in [0.2, 0.25) is 0 Å². The maximum Gasteiger partial charge on any atom is 0.472 e. The molecule has 0 aliphatic carbocycles. The summed E-state index contributed by atoms with van der Waals surface area (Å²) in [5, 5.41) is 20.6. The second kappa shape index (κ2) is 73.4. The number of unbranched alkanes of at least 4 members (excludes halogenated alkanes) is 27. The molecule has 99 heavy (non-hydrogen) atoms. The highest BCUT2D eigenvalue weighted by Gasteiger charge is 2.29. The molecule has 0 amide bonds. The van der Waals surface area contributed by atoms with Crippen LogP contribution in [0.2, 0.25) is 0 Å². The van der Waals surface area contributed by atoms with Gasteiger partial charge in [-0.3, -0.25) is 32.5 Å². The Balaban J connectivity index is 4.40. The van der Waals surface area contributed by atoms with Crippen LogP contribution < -0.4 is 0 Å². The molecule has 568 valence electrons. The number of esters is 3. The average Bonchev–Trinajstić information content (AvgIpc) is 1.38. The number of phosphoric ester groups is 2.